The lowest BCUT2D eigenvalue weighted by atomic mass is 9.56. The van der Waals surface area contributed by atoms with Crippen molar-refractivity contribution in [3.05, 3.63) is 36.4 Å². The monoisotopic (exact) mass is 214 g/mol. The smallest absolute Gasteiger partial charge is 0.0406 e. The van der Waals surface area contributed by atoms with Crippen LogP contribution in [0.2, 0.25) is 0 Å². The molecule has 0 saturated heterocycles. The van der Waals surface area contributed by atoms with E-state index in [1.807, 2.05) is 36.4 Å². The van der Waals surface area contributed by atoms with Crippen molar-refractivity contribution in [2.45, 2.75) is 38.5 Å². The number of rotatable bonds is 0. The highest BCUT2D eigenvalue weighted by atomic mass is 14.5. The normalized spacial score (nSPS) is 39.0. The summed E-state index contributed by atoms with van der Waals surface area (Å²) in [7, 11) is 0. The van der Waals surface area contributed by atoms with Crippen LogP contribution < -0.4 is 0 Å². The van der Waals surface area contributed by atoms with E-state index in [-0.39, 0.29) is 0 Å². The first kappa shape index (κ1) is 10.4. The molecule has 4 saturated carbocycles. The molecule has 5 rings (SSSR count). The lowest BCUT2D eigenvalue weighted by Crippen LogP contribution is -2.38. The van der Waals surface area contributed by atoms with Crippen molar-refractivity contribution in [1.29, 1.82) is 0 Å². The highest BCUT2D eigenvalue weighted by Crippen LogP contribution is 2.53. The summed E-state index contributed by atoms with van der Waals surface area (Å²) in [4.78, 5) is 0. The lowest BCUT2D eigenvalue weighted by Gasteiger charge is -2.49. The Morgan fingerprint density at radius 3 is 0.750 bits per heavy atom. The van der Waals surface area contributed by atoms with Crippen LogP contribution in [-0.2, 0) is 0 Å². The van der Waals surface area contributed by atoms with Gasteiger partial charge in [0, 0.05) is 0 Å². The lowest BCUT2D eigenvalue weighted by molar-refractivity contribution is 0.0198. The minimum absolute atomic E-state index is 1.18. The standard InChI is InChI=1S/C10H16.C6H6/c1-7-2-9-4-8(1)5-10(3-7)6-9;1-2-4-6-5-3-1/h7-10H,1-6H2;1-6H. The summed E-state index contributed by atoms with van der Waals surface area (Å²) in [5, 5.41) is 0. The van der Waals surface area contributed by atoms with E-state index in [1.54, 1.807) is 38.5 Å². The molecule has 4 fully saturated rings. The molecule has 1 aromatic rings. The van der Waals surface area contributed by atoms with Gasteiger partial charge in [-0.05, 0) is 62.2 Å². The molecule has 86 valence electrons. The first-order valence-corrected chi connectivity index (χ1v) is 6.90. The van der Waals surface area contributed by atoms with E-state index >= 15 is 0 Å². The van der Waals surface area contributed by atoms with Gasteiger partial charge in [0.05, 0.1) is 0 Å². The zero-order chi connectivity index (χ0) is 10.8. The fraction of sp³-hybridized carbons (Fsp3) is 0.625. The van der Waals surface area contributed by atoms with E-state index in [9.17, 15) is 0 Å². The molecule has 0 heteroatoms. The van der Waals surface area contributed by atoms with Crippen LogP contribution >= 0.6 is 0 Å². The number of hydrogen-bond donors (Lipinski definition) is 0. The van der Waals surface area contributed by atoms with E-state index in [0.29, 0.717) is 0 Å². The SMILES string of the molecule is C1C2CC3CC1CC(C2)C3.c1ccccc1. The van der Waals surface area contributed by atoms with E-state index in [4.69, 9.17) is 0 Å². The Labute approximate surface area is 99.1 Å². The van der Waals surface area contributed by atoms with Gasteiger partial charge >= 0.3 is 0 Å². The van der Waals surface area contributed by atoms with Crippen LogP contribution in [0.15, 0.2) is 36.4 Å². The van der Waals surface area contributed by atoms with Crippen LogP contribution in [0.3, 0.4) is 0 Å². The van der Waals surface area contributed by atoms with E-state index in [1.165, 1.54) is 23.7 Å². The van der Waals surface area contributed by atoms with Gasteiger partial charge < -0.3 is 0 Å². The fourth-order valence-electron chi connectivity index (χ4n) is 4.37. The fourth-order valence-corrected chi connectivity index (χ4v) is 4.37. The molecule has 1 aromatic carbocycles. The Bertz CT molecular complexity index is 231. The van der Waals surface area contributed by atoms with Gasteiger partial charge in [0.25, 0.3) is 0 Å². The molecular weight excluding hydrogens is 192 g/mol. The predicted molar refractivity (Wildman–Crippen MR) is 68.1 cm³/mol. The summed E-state index contributed by atoms with van der Waals surface area (Å²) in [6, 6.07) is 12.0. The van der Waals surface area contributed by atoms with Gasteiger partial charge in [-0.15, -0.1) is 0 Å². The topological polar surface area (TPSA) is 0 Å². The van der Waals surface area contributed by atoms with Crippen molar-refractivity contribution < 1.29 is 0 Å². The maximum absolute atomic E-state index is 2.00. The third-order valence-corrected chi connectivity index (χ3v) is 4.67. The second-order valence-corrected chi connectivity index (χ2v) is 6.03. The van der Waals surface area contributed by atoms with Gasteiger partial charge in [0.15, 0.2) is 0 Å². The summed E-state index contributed by atoms with van der Waals surface area (Å²) >= 11 is 0. The third kappa shape index (κ3) is 2.31. The Balaban J connectivity index is 0.000000117. The molecule has 16 heavy (non-hydrogen) atoms. The van der Waals surface area contributed by atoms with Gasteiger partial charge in [0.1, 0.15) is 0 Å². The van der Waals surface area contributed by atoms with Crippen molar-refractivity contribution >= 4 is 0 Å². The van der Waals surface area contributed by atoms with Crippen LogP contribution in [0.25, 0.3) is 0 Å². The molecule has 0 N–H and O–H groups in total. The van der Waals surface area contributed by atoms with Gasteiger partial charge in [0.2, 0.25) is 0 Å². The molecule has 0 heterocycles. The summed E-state index contributed by atoms with van der Waals surface area (Å²) < 4.78 is 0. The second kappa shape index (κ2) is 4.61. The Kier molecular flexibility index (Phi) is 2.99. The highest BCUT2D eigenvalue weighted by molar-refractivity contribution is 4.99. The molecule has 4 aliphatic rings. The first-order chi connectivity index (χ1) is 7.90. The third-order valence-electron chi connectivity index (χ3n) is 4.67. The van der Waals surface area contributed by atoms with Gasteiger partial charge in [-0.1, -0.05) is 36.4 Å². The summed E-state index contributed by atoms with van der Waals surface area (Å²) in [5.41, 5.74) is 0. The quantitative estimate of drug-likeness (QED) is 0.595. The molecule has 0 unspecified atom stereocenters. The van der Waals surface area contributed by atoms with E-state index < -0.39 is 0 Å². The second-order valence-electron chi connectivity index (χ2n) is 6.03. The van der Waals surface area contributed by atoms with Crippen molar-refractivity contribution in [3.8, 4) is 0 Å². The van der Waals surface area contributed by atoms with Crippen LogP contribution in [0.1, 0.15) is 38.5 Å². The molecule has 0 nitrogen and oxygen atoms in total. The van der Waals surface area contributed by atoms with Crippen molar-refractivity contribution in [2.24, 2.45) is 23.7 Å². The van der Waals surface area contributed by atoms with Crippen molar-refractivity contribution in [1.82, 2.24) is 0 Å². The van der Waals surface area contributed by atoms with Crippen molar-refractivity contribution in [2.75, 3.05) is 0 Å². The van der Waals surface area contributed by atoms with Crippen LogP contribution in [0, 0.1) is 23.7 Å². The average molecular weight is 214 g/mol. The zero-order valence-electron chi connectivity index (χ0n) is 10.0. The molecular formula is C16H22. The van der Waals surface area contributed by atoms with E-state index in [2.05, 4.69) is 0 Å². The first-order valence-electron chi connectivity index (χ1n) is 6.90. The minimum Gasteiger partial charge on any atom is -0.0623 e. The summed E-state index contributed by atoms with van der Waals surface area (Å²) in [5.74, 6) is 4.71. The molecule has 4 aliphatic carbocycles. The van der Waals surface area contributed by atoms with Gasteiger partial charge in [-0.25, -0.2) is 0 Å². The molecule has 0 aromatic heterocycles. The Morgan fingerprint density at radius 1 is 0.375 bits per heavy atom. The number of benzene rings is 1. The van der Waals surface area contributed by atoms with E-state index in [0.717, 1.165) is 0 Å². The minimum atomic E-state index is 1.18. The molecule has 0 radical (unpaired) electrons. The highest BCUT2D eigenvalue weighted by Gasteiger charge is 2.41. The summed E-state index contributed by atoms with van der Waals surface area (Å²) in [6.45, 7) is 0. The maximum atomic E-state index is 2.00. The summed E-state index contributed by atoms with van der Waals surface area (Å²) in [6.07, 6.45) is 9.62. The van der Waals surface area contributed by atoms with Crippen molar-refractivity contribution in [3.63, 3.8) is 0 Å². The molecule has 0 atom stereocenters. The van der Waals surface area contributed by atoms with Gasteiger partial charge in [-0.2, -0.15) is 0 Å². The molecule has 4 bridgehead atoms. The largest absolute Gasteiger partial charge is 0.0623 e. The predicted octanol–water partition coefficient (Wildman–Crippen LogP) is 4.52. The molecule has 0 aliphatic heterocycles. The Hall–Kier alpha value is -0.780. The van der Waals surface area contributed by atoms with Crippen LogP contribution in [-0.4, -0.2) is 0 Å². The zero-order valence-corrected chi connectivity index (χ0v) is 10.0. The Morgan fingerprint density at radius 2 is 0.562 bits per heavy atom. The van der Waals surface area contributed by atoms with Crippen LogP contribution in [0.4, 0.5) is 0 Å². The van der Waals surface area contributed by atoms with Crippen LogP contribution in [0.5, 0.6) is 0 Å². The average Bonchev–Trinajstić information content (AvgIpc) is 2.30. The molecule has 0 amide bonds. The number of hydrogen-bond acceptors (Lipinski definition) is 0. The maximum Gasteiger partial charge on any atom is -0.0406 e. The van der Waals surface area contributed by atoms with Gasteiger partial charge in [-0.3, -0.25) is 0 Å². The molecule has 0 spiro atoms.